The van der Waals surface area contributed by atoms with Crippen molar-refractivity contribution in [2.45, 2.75) is 6.92 Å². The number of aromatic nitrogens is 1. The molecule has 2 nitrogen and oxygen atoms in total. The van der Waals surface area contributed by atoms with Crippen molar-refractivity contribution in [3.8, 4) is 0 Å². The maximum Gasteiger partial charge on any atom is 0.179 e. The van der Waals surface area contributed by atoms with Gasteiger partial charge in [-0.05, 0) is 41.0 Å². The largest absolute Gasteiger partial charge is 0.234 e. The summed E-state index contributed by atoms with van der Waals surface area (Å²) >= 11 is 11.8. The van der Waals surface area contributed by atoms with E-state index in [1.807, 2.05) is 25.1 Å². The molecule has 0 aliphatic heterocycles. The number of hydrogen-bond donors (Lipinski definition) is 0. The molecule has 0 saturated heterocycles. The number of hydrogen-bond acceptors (Lipinski definition) is 4. The lowest BCUT2D eigenvalue weighted by Gasteiger charge is -1.97. The Morgan fingerprint density at radius 3 is 2.73 bits per heavy atom. The molecule has 0 radical (unpaired) electrons. The Kier molecular flexibility index (Phi) is 3.41. The summed E-state index contributed by atoms with van der Waals surface area (Å²) in [6.07, 6.45) is 0. The van der Waals surface area contributed by atoms with Gasteiger partial charge < -0.3 is 0 Å². The summed E-state index contributed by atoms with van der Waals surface area (Å²) in [6.45, 7) is 1.94. The first-order chi connectivity index (χ1) is 7.16. The number of halogens is 2. The Labute approximate surface area is 104 Å². The van der Waals surface area contributed by atoms with Gasteiger partial charge in [0.2, 0.25) is 0 Å². The minimum absolute atomic E-state index is 0.456. The van der Waals surface area contributed by atoms with E-state index < -0.39 is 0 Å². The molecule has 0 fully saturated rings. The van der Waals surface area contributed by atoms with Crippen LogP contribution in [-0.4, -0.2) is 4.37 Å². The molecule has 1 heterocycles. The summed E-state index contributed by atoms with van der Waals surface area (Å²) < 4.78 is 4.70. The smallest absolute Gasteiger partial charge is 0.179 e. The normalized spacial score (nSPS) is 12.1. The molecule has 15 heavy (non-hydrogen) atoms. The van der Waals surface area contributed by atoms with Crippen molar-refractivity contribution in [2.75, 3.05) is 0 Å². The number of benzene rings is 1. The lowest BCUT2D eigenvalue weighted by molar-refractivity contribution is 1.35. The second-order valence-electron chi connectivity index (χ2n) is 2.89. The van der Waals surface area contributed by atoms with Crippen LogP contribution in [0.5, 0.6) is 0 Å². The van der Waals surface area contributed by atoms with E-state index in [0.29, 0.717) is 5.15 Å². The SMILES string of the molecule is Cc1cc(N=c2ssnc2Cl)ccc1Cl. The highest BCUT2D eigenvalue weighted by atomic mass is 35.5. The number of nitrogens with zero attached hydrogens (tertiary/aromatic N) is 2. The van der Waals surface area contributed by atoms with Crippen LogP contribution in [0.2, 0.25) is 10.2 Å². The molecular formula is C9H6Cl2N2S2. The van der Waals surface area contributed by atoms with Gasteiger partial charge in [0.15, 0.2) is 9.82 Å². The van der Waals surface area contributed by atoms with Gasteiger partial charge in [-0.3, -0.25) is 0 Å². The monoisotopic (exact) mass is 276 g/mol. The Hall–Kier alpha value is -0.420. The second kappa shape index (κ2) is 4.61. The molecule has 2 aromatic rings. The molecule has 0 aliphatic rings. The molecule has 0 aliphatic carbocycles. The highest BCUT2D eigenvalue weighted by Gasteiger charge is 1.99. The van der Waals surface area contributed by atoms with E-state index >= 15 is 0 Å². The quantitative estimate of drug-likeness (QED) is 0.722. The van der Waals surface area contributed by atoms with Crippen LogP contribution >= 0.6 is 44.1 Å². The molecule has 0 unspecified atom stereocenters. The fourth-order valence-corrected chi connectivity index (χ4v) is 3.15. The molecule has 0 amide bonds. The van der Waals surface area contributed by atoms with Crippen molar-refractivity contribution in [1.29, 1.82) is 0 Å². The van der Waals surface area contributed by atoms with Crippen LogP contribution in [0, 0.1) is 6.92 Å². The Morgan fingerprint density at radius 1 is 1.33 bits per heavy atom. The van der Waals surface area contributed by atoms with Crippen LogP contribution in [0.25, 0.3) is 0 Å². The standard InChI is InChI=1S/C9H6Cl2N2S2/c1-5-4-6(2-3-7(5)10)12-9-8(11)13-15-14-9/h2-4H,1H3. The van der Waals surface area contributed by atoms with Gasteiger partial charge in [-0.1, -0.05) is 23.2 Å². The van der Waals surface area contributed by atoms with Crippen LogP contribution in [0.1, 0.15) is 5.56 Å². The molecular weight excluding hydrogens is 271 g/mol. The van der Waals surface area contributed by atoms with Gasteiger partial charge in [0.05, 0.1) is 5.69 Å². The van der Waals surface area contributed by atoms with E-state index in [1.165, 1.54) is 20.9 Å². The van der Waals surface area contributed by atoms with Crippen LogP contribution in [0.15, 0.2) is 23.2 Å². The molecule has 2 rings (SSSR count). The topological polar surface area (TPSA) is 25.2 Å². The van der Waals surface area contributed by atoms with E-state index in [9.17, 15) is 0 Å². The van der Waals surface area contributed by atoms with Crippen molar-refractivity contribution >= 4 is 49.8 Å². The molecule has 1 aromatic heterocycles. The Morgan fingerprint density at radius 2 is 2.13 bits per heavy atom. The highest BCUT2D eigenvalue weighted by molar-refractivity contribution is 7.66. The Bertz CT molecular complexity index is 545. The lowest BCUT2D eigenvalue weighted by Crippen LogP contribution is -1.92. The fraction of sp³-hybridized carbons (Fsp3) is 0.111. The molecule has 0 N–H and O–H groups in total. The predicted octanol–water partition coefficient (Wildman–Crippen LogP) is 4.05. The van der Waals surface area contributed by atoms with Gasteiger partial charge >= 0.3 is 0 Å². The van der Waals surface area contributed by atoms with Crippen LogP contribution in [-0.2, 0) is 0 Å². The number of rotatable bonds is 1. The van der Waals surface area contributed by atoms with Crippen molar-refractivity contribution < 1.29 is 0 Å². The molecule has 0 saturated carbocycles. The number of aryl methyl sites for hydroxylation is 1. The van der Waals surface area contributed by atoms with Gasteiger partial charge in [-0.15, -0.1) is 0 Å². The third kappa shape index (κ3) is 2.58. The molecule has 0 bridgehead atoms. The van der Waals surface area contributed by atoms with Crippen LogP contribution < -0.4 is 4.67 Å². The third-order valence-corrected chi connectivity index (χ3v) is 4.38. The second-order valence-corrected chi connectivity index (χ2v) is 5.49. The summed E-state index contributed by atoms with van der Waals surface area (Å²) in [4.78, 5) is 4.38. The summed E-state index contributed by atoms with van der Waals surface area (Å²) in [5, 5.41) is 1.20. The average Bonchev–Trinajstić information content (AvgIpc) is 2.59. The maximum absolute atomic E-state index is 5.92. The van der Waals surface area contributed by atoms with Gasteiger partial charge in [-0.25, -0.2) is 4.99 Å². The van der Waals surface area contributed by atoms with E-state index in [1.54, 1.807) is 0 Å². The first kappa shape index (κ1) is 11.1. The van der Waals surface area contributed by atoms with Crippen molar-refractivity contribution in [1.82, 2.24) is 4.37 Å². The predicted molar refractivity (Wildman–Crippen MR) is 66.4 cm³/mol. The molecule has 6 heteroatoms. The van der Waals surface area contributed by atoms with Crippen molar-refractivity contribution in [3.05, 3.63) is 38.6 Å². The van der Waals surface area contributed by atoms with E-state index in [-0.39, 0.29) is 0 Å². The zero-order valence-electron chi connectivity index (χ0n) is 7.70. The average molecular weight is 277 g/mol. The van der Waals surface area contributed by atoms with Crippen molar-refractivity contribution in [3.63, 3.8) is 0 Å². The minimum atomic E-state index is 0.456. The van der Waals surface area contributed by atoms with Gasteiger partial charge in [-0.2, -0.15) is 4.37 Å². The van der Waals surface area contributed by atoms with E-state index in [4.69, 9.17) is 23.2 Å². The molecule has 1 aromatic carbocycles. The third-order valence-electron chi connectivity index (χ3n) is 1.78. The summed E-state index contributed by atoms with van der Waals surface area (Å²) in [7, 11) is 2.79. The lowest BCUT2D eigenvalue weighted by atomic mass is 10.2. The summed E-state index contributed by atoms with van der Waals surface area (Å²) in [5.74, 6) is 0. The summed E-state index contributed by atoms with van der Waals surface area (Å²) in [5.41, 5.74) is 1.84. The molecule has 78 valence electrons. The van der Waals surface area contributed by atoms with E-state index in [2.05, 4.69) is 9.37 Å². The van der Waals surface area contributed by atoms with Gasteiger partial charge in [0.25, 0.3) is 0 Å². The first-order valence-electron chi connectivity index (χ1n) is 4.09. The highest BCUT2D eigenvalue weighted by Crippen LogP contribution is 2.21. The summed E-state index contributed by atoms with van der Waals surface area (Å²) in [6, 6.07) is 5.60. The fourth-order valence-electron chi connectivity index (χ4n) is 1.04. The minimum Gasteiger partial charge on any atom is -0.234 e. The Balaban J connectivity index is 2.49. The van der Waals surface area contributed by atoms with Crippen LogP contribution in [0.3, 0.4) is 0 Å². The first-order valence-corrected chi connectivity index (χ1v) is 6.95. The molecule has 0 atom stereocenters. The van der Waals surface area contributed by atoms with Crippen molar-refractivity contribution in [2.24, 2.45) is 4.99 Å². The van der Waals surface area contributed by atoms with E-state index in [0.717, 1.165) is 20.9 Å². The molecule has 0 spiro atoms. The van der Waals surface area contributed by atoms with Crippen LogP contribution in [0.4, 0.5) is 5.69 Å². The van der Waals surface area contributed by atoms with Gasteiger partial charge in [0, 0.05) is 15.6 Å². The zero-order valence-corrected chi connectivity index (χ0v) is 10.8. The zero-order chi connectivity index (χ0) is 10.8. The van der Waals surface area contributed by atoms with Gasteiger partial charge in [0.1, 0.15) is 0 Å². The maximum atomic E-state index is 5.92.